The molecular weight excluding hydrogens is 393 g/mol. The molecule has 2 aromatic rings. The number of rotatable bonds is 5. The summed E-state index contributed by atoms with van der Waals surface area (Å²) in [5.41, 5.74) is 1.56. The zero-order valence-electron chi connectivity index (χ0n) is 12.1. The summed E-state index contributed by atoms with van der Waals surface area (Å²) in [6.45, 7) is 2.32. The molecule has 0 fully saturated rings. The number of nitrogens with one attached hydrogen (secondary N) is 1. The van der Waals surface area contributed by atoms with Gasteiger partial charge in [0.2, 0.25) is 0 Å². The minimum Gasteiger partial charge on any atom is -0.462 e. The lowest BCUT2D eigenvalue weighted by Crippen LogP contribution is -2.13. The lowest BCUT2D eigenvalue weighted by molar-refractivity contribution is 0.0505. The Bertz CT molecular complexity index is 668. The number of anilines is 1. The summed E-state index contributed by atoms with van der Waals surface area (Å²) in [5.74, 6) is -0.595. The molecule has 0 aromatic heterocycles. The topological polar surface area (TPSA) is 55.4 Å². The van der Waals surface area contributed by atoms with E-state index in [1.807, 2.05) is 19.1 Å². The first-order chi connectivity index (χ1) is 10.6. The molecule has 0 heterocycles. The van der Waals surface area contributed by atoms with Gasteiger partial charge in [0.15, 0.2) is 0 Å². The second kappa shape index (κ2) is 7.93. The van der Waals surface area contributed by atoms with Crippen LogP contribution in [0.3, 0.4) is 0 Å². The van der Waals surface area contributed by atoms with E-state index < -0.39 is 0 Å². The highest BCUT2D eigenvalue weighted by Crippen LogP contribution is 2.14. The van der Waals surface area contributed by atoms with Crippen molar-refractivity contribution in [3.8, 4) is 0 Å². The molecule has 0 bridgehead atoms. The van der Waals surface area contributed by atoms with Crippen LogP contribution in [0.1, 0.15) is 34.1 Å². The van der Waals surface area contributed by atoms with E-state index in [2.05, 4.69) is 27.9 Å². The Morgan fingerprint density at radius 2 is 1.82 bits per heavy atom. The molecule has 2 aromatic carbocycles. The fourth-order valence-corrected chi connectivity index (χ4v) is 2.17. The molecule has 5 heteroatoms. The van der Waals surface area contributed by atoms with E-state index in [0.29, 0.717) is 23.4 Å². The third-order valence-electron chi connectivity index (χ3n) is 2.90. The van der Waals surface area contributed by atoms with Crippen LogP contribution in [-0.4, -0.2) is 18.5 Å². The van der Waals surface area contributed by atoms with E-state index in [9.17, 15) is 9.59 Å². The number of amides is 1. The number of esters is 1. The van der Waals surface area contributed by atoms with Gasteiger partial charge in [0.05, 0.1) is 12.2 Å². The lowest BCUT2D eigenvalue weighted by atomic mass is 10.1. The van der Waals surface area contributed by atoms with Gasteiger partial charge in [-0.3, -0.25) is 4.79 Å². The Balaban J connectivity index is 2.08. The Morgan fingerprint density at radius 1 is 1.09 bits per heavy atom. The number of hydrogen-bond acceptors (Lipinski definition) is 3. The number of carbonyl (C=O) groups excluding carboxylic acids is 2. The summed E-state index contributed by atoms with van der Waals surface area (Å²) < 4.78 is 6.15. The van der Waals surface area contributed by atoms with Crippen LogP contribution in [0.2, 0.25) is 0 Å². The molecule has 114 valence electrons. The van der Waals surface area contributed by atoms with Crippen molar-refractivity contribution in [2.75, 3.05) is 11.9 Å². The van der Waals surface area contributed by atoms with Crippen LogP contribution in [0.4, 0.5) is 5.69 Å². The van der Waals surface area contributed by atoms with Gasteiger partial charge in [-0.05, 0) is 71.5 Å². The summed E-state index contributed by atoms with van der Waals surface area (Å²) in [6.07, 6.45) is 0.773. The second-order valence-electron chi connectivity index (χ2n) is 4.68. The van der Waals surface area contributed by atoms with Crippen molar-refractivity contribution < 1.29 is 14.3 Å². The Morgan fingerprint density at radius 3 is 2.50 bits per heavy atom. The molecule has 0 radical (unpaired) electrons. The van der Waals surface area contributed by atoms with Crippen molar-refractivity contribution in [2.45, 2.75) is 13.3 Å². The number of halogens is 1. The van der Waals surface area contributed by atoms with E-state index in [4.69, 9.17) is 4.74 Å². The molecule has 0 atom stereocenters. The predicted molar refractivity (Wildman–Crippen MR) is 94.1 cm³/mol. The van der Waals surface area contributed by atoms with E-state index in [0.717, 1.165) is 9.99 Å². The van der Waals surface area contributed by atoms with Gasteiger partial charge >= 0.3 is 5.97 Å². The zero-order chi connectivity index (χ0) is 15.9. The van der Waals surface area contributed by atoms with E-state index in [1.54, 1.807) is 36.4 Å². The molecule has 0 spiro atoms. The first-order valence-corrected chi connectivity index (χ1v) is 8.02. The van der Waals surface area contributed by atoms with Crippen molar-refractivity contribution in [1.82, 2.24) is 0 Å². The van der Waals surface area contributed by atoms with Gasteiger partial charge in [-0.25, -0.2) is 4.79 Å². The van der Waals surface area contributed by atoms with Crippen LogP contribution in [0.25, 0.3) is 0 Å². The molecule has 0 saturated carbocycles. The fraction of sp³-hybridized carbons (Fsp3) is 0.176. The Labute approximate surface area is 143 Å². The molecule has 1 N–H and O–H groups in total. The highest BCUT2D eigenvalue weighted by atomic mass is 127. The predicted octanol–water partition coefficient (Wildman–Crippen LogP) is 4.11. The second-order valence-corrected chi connectivity index (χ2v) is 5.92. The van der Waals surface area contributed by atoms with Gasteiger partial charge in [-0.15, -0.1) is 0 Å². The molecule has 1 amide bonds. The average Bonchev–Trinajstić information content (AvgIpc) is 2.53. The summed E-state index contributed by atoms with van der Waals surface area (Å²) in [7, 11) is 0. The standard InChI is InChI=1S/C17H16INO3/c1-2-10-22-17(21)13-4-3-5-15(11-13)19-16(20)12-6-8-14(18)9-7-12/h3-9,11H,2,10H2,1H3,(H,19,20). The molecular formula is C17H16INO3. The maximum Gasteiger partial charge on any atom is 0.338 e. The highest BCUT2D eigenvalue weighted by Gasteiger charge is 2.10. The van der Waals surface area contributed by atoms with Crippen molar-refractivity contribution >= 4 is 40.2 Å². The maximum atomic E-state index is 12.1. The van der Waals surface area contributed by atoms with E-state index in [1.165, 1.54) is 0 Å². The van der Waals surface area contributed by atoms with Crippen molar-refractivity contribution in [3.63, 3.8) is 0 Å². The molecule has 0 aliphatic rings. The number of benzene rings is 2. The van der Waals surface area contributed by atoms with Crippen LogP contribution >= 0.6 is 22.6 Å². The summed E-state index contributed by atoms with van der Waals surface area (Å²) in [6, 6.07) is 14.0. The largest absolute Gasteiger partial charge is 0.462 e. The van der Waals surface area contributed by atoms with Gasteiger partial charge in [-0.2, -0.15) is 0 Å². The smallest absolute Gasteiger partial charge is 0.338 e. The van der Waals surface area contributed by atoms with Crippen LogP contribution in [-0.2, 0) is 4.74 Å². The zero-order valence-corrected chi connectivity index (χ0v) is 14.3. The first-order valence-electron chi connectivity index (χ1n) is 6.94. The van der Waals surface area contributed by atoms with Gasteiger partial charge in [0.1, 0.15) is 0 Å². The Kier molecular flexibility index (Phi) is 5.94. The third kappa shape index (κ3) is 4.56. The van der Waals surface area contributed by atoms with Gasteiger partial charge in [0, 0.05) is 14.8 Å². The van der Waals surface area contributed by atoms with Crippen molar-refractivity contribution in [1.29, 1.82) is 0 Å². The average molecular weight is 409 g/mol. The lowest BCUT2D eigenvalue weighted by Gasteiger charge is -2.08. The first kappa shape index (κ1) is 16.5. The minimum atomic E-state index is -0.382. The number of ether oxygens (including phenoxy) is 1. The van der Waals surface area contributed by atoms with Crippen molar-refractivity contribution in [2.24, 2.45) is 0 Å². The van der Waals surface area contributed by atoms with Crippen LogP contribution < -0.4 is 5.32 Å². The van der Waals surface area contributed by atoms with Crippen molar-refractivity contribution in [3.05, 3.63) is 63.2 Å². The normalized spacial score (nSPS) is 10.1. The minimum absolute atomic E-state index is 0.213. The summed E-state index contributed by atoms with van der Waals surface area (Å²) in [4.78, 5) is 24.0. The quantitative estimate of drug-likeness (QED) is 0.598. The summed E-state index contributed by atoms with van der Waals surface area (Å²) in [5, 5.41) is 2.78. The van der Waals surface area contributed by atoms with Crippen LogP contribution in [0.15, 0.2) is 48.5 Å². The Hall–Kier alpha value is -1.89. The number of carbonyl (C=O) groups is 2. The van der Waals surface area contributed by atoms with E-state index >= 15 is 0 Å². The highest BCUT2D eigenvalue weighted by molar-refractivity contribution is 14.1. The monoisotopic (exact) mass is 409 g/mol. The van der Waals surface area contributed by atoms with Gasteiger partial charge < -0.3 is 10.1 Å². The summed E-state index contributed by atoms with van der Waals surface area (Å²) >= 11 is 2.18. The van der Waals surface area contributed by atoms with E-state index in [-0.39, 0.29) is 11.9 Å². The molecule has 22 heavy (non-hydrogen) atoms. The van der Waals surface area contributed by atoms with Crippen LogP contribution in [0.5, 0.6) is 0 Å². The molecule has 2 rings (SSSR count). The fourth-order valence-electron chi connectivity index (χ4n) is 1.81. The molecule has 4 nitrogen and oxygen atoms in total. The van der Waals surface area contributed by atoms with Gasteiger partial charge in [-0.1, -0.05) is 13.0 Å². The van der Waals surface area contributed by atoms with Gasteiger partial charge in [0.25, 0.3) is 5.91 Å². The molecule has 0 saturated heterocycles. The maximum absolute atomic E-state index is 12.1. The molecule has 0 aliphatic heterocycles. The molecule has 0 aliphatic carbocycles. The third-order valence-corrected chi connectivity index (χ3v) is 3.62. The number of hydrogen-bond donors (Lipinski definition) is 1. The molecule has 0 unspecified atom stereocenters. The SMILES string of the molecule is CCCOC(=O)c1cccc(NC(=O)c2ccc(I)cc2)c1. The van der Waals surface area contributed by atoms with Crippen LogP contribution in [0, 0.1) is 3.57 Å².